The largest absolute Gasteiger partial charge is 0.504 e. The van der Waals surface area contributed by atoms with Crippen molar-refractivity contribution >= 4 is 0 Å². The fourth-order valence-corrected chi connectivity index (χ4v) is 2.21. The van der Waals surface area contributed by atoms with Crippen molar-refractivity contribution in [2.24, 2.45) is 5.92 Å². The van der Waals surface area contributed by atoms with E-state index in [1.807, 2.05) is 12.1 Å². The Labute approximate surface area is 96.0 Å². The summed E-state index contributed by atoms with van der Waals surface area (Å²) in [5.74, 6) is 1.30. The van der Waals surface area contributed by atoms with Crippen LogP contribution in [0.25, 0.3) is 0 Å². The number of ether oxygens (including phenoxy) is 2. The Morgan fingerprint density at radius 3 is 2.88 bits per heavy atom. The summed E-state index contributed by atoms with van der Waals surface area (Å²) >= 11 is 0. The third-order valence-electron chi connectivity index (χ3n) is 3.27. The van der Waals surface area contributed by atoms with Gasteiger partial charge in [-0.05, 0) is 43.4 Å². The van der Waals surface area contributed by atoms with Crippen LogP contribution in [-0.4, -0.2) is 24.9 Å². The standard InChI is InChI=1S/C13H18O3/c1-9-11(5-6-16-9)7-10-3-4-13(15-2)12(14)8-10/h3-4,8-9,11,14H,5-7H2,1-2H3/t9?,11-/m0/s1. The van der Waals surface area contributed by atoms with Gasteiger partial charge in [0.15, 0.2) is 11.5 Å². The molecule has 1 aliphatic rings. The molecule has 0 bridgehead atoms. The van der Waals surface area contributed by atoms with Gasteiger partial charge >= 0.3 is 0 Å². The van der Waals surface area contributed by atoms with Crippen LogP contribution in [-0.2, 0) is 11.2 Å². The highest BCUT2D eigenvalue weighted by Crippen LogP contribution is 2.30. The maximum atomic E-state index is 9.67. The van der Waals surface area contributed by atoms with Gasteiger partial charge in [-0.1, -0.05) is 6.07 Å². The number of phenols is 1. The molecule has 2 rings (SSSR count). The van der Waals surface area contributed by atoms with Gasteiger partial charge in [0.2, 0.25) is 0 Å². The van der Waals surface area contributed by atoms with E-state index in [4.69, 9.17) is 9.47 Å². The zero-order valence-electron chi connectivity index (χ0n) is 9.77. The lowest BCUT2D eigenvalue weighted by Gasteiger charge is -2.14. The van der Waals surface area contributed by atoms with Crippen LogP contribution in [0.2, 0.25) is 0 Å². The molecule has 3 nitrogen and oxygen atoms in total. The van der Waals surface area contributed by atoms with E-state index in [1.165, 1.54) is 0 Å². The van der Waals surface area contributed by atoms with Crippen molar-refractivity contribution < 1.29 is 14.6 Å². The first-order valence-corrected chi connectivity index (χ1v) is 5.68. The van der Waals surface area contributed by atoms with Crippen LogP contribution in [0.3, 0.4) is 0 Å². The minimum Gasteiger partial charge on any atom is -0.504 e. The molecule has 1 N–H and O–H groups in total. The predicted molar refractivity (Wildman–Crippen MR) is 61.9 cm³/mol. The lowest BCUT2D eigenvalue weighted by Crippen LogP contribution is -2.13. The molecule has 2 atom stereocenters. The number of benzene rings is 1. The molecule has 0 spiro atoms. The Balaban J connectivity index is 2.07. The molecule has 1 saturated heterocycles. The molecule has 88 valence electrons. The summed E-state index contributed by atoms with van der Waals surface area (Å²) < 4.78 is 10.5. The average molecular weight is 222 g/mol. The second-order valence-electron chi connectivity index (χ2n) is 4.33. The van der Waals surface area contributed by atoms with Gasteiger partial charge in [0.05, 0.1) is 13.2 Å². The SMILES string of the molecule is COc1ccc(C[C@@H]2CCOC2C)cc1O. The third-order valence-corrected chi connectivity index (χ3v) is 3.27. The Hall–Kier alpha value is -1.22. The summed E-state index contributed by atoms with van der Waals surface area (Å²) in [5.41, 5.74) is 1.14. The topological polar surface area (TPSA) is 38.7 Å². The van der Waals surface area contributed by atoms with Crippen LogP contribution < -0.4 is 4.74 Å². The molecule has 1 aromatic rings. The summed E-state index contributed by atoms with van der Waals surface area (Å²) in [6.07, 6.45) is 2.39. The molecule has 0 saturated carbocycles. The first kappa shape index (κ1) is 11.3. The summed E-state index contributed by atoms with van der Waals surface area (Å²) in [4.78, 5) is 0. The molecule has 0 radical (unpaired) electrons. The van der Waals surface area contributed by atoms with E-state index in [9.17, 15) is 5.11 Å². The Bertz CT molecular complexity index is 362. The quantitative estimate of drug-likeness (QED) is 0.853. The molecule has 1 aromatic carbocycles. The van der Waals surface area contributed by atoms with E-state index in [2.05, 4.69) is 6.92 Å². The first-order chi connectivity index (χ1) is 7.70. The van der Waals surface area contributed by atoms with Gasteiger partial charge in [-0.3, -0.25) is 0 Å². The highest BCUT2D eigenvalue weighted by molar-refractivity contribution is 5.41. The van der Waals surface area contributed by atoms with E-state index in [1.54, 1.807) is 13.2 Å². The van der Waals surface area contributed by atoms with Gasteiger partial charge in [0.25, 0.3) is 0 Å². The minimum atomic E-state index is 0.214. The Morgan fingerprint density at radius 1 is 1.50 bits per heavy atom. The second-order valence-corrected chi connectivity index (χ2v) is 4.33. The molecule has 0 amide bonds. The van der Waals surface area contributed by atoms with Crippen LogP contribution in [0.5, 0.6) is 11.5 Å². The maximum absolute atomic E-state index is 9.67. The van der Waals surface area contributed by atoms with Gasteiger partial charge in [0.1, 0.15) is 0 Å². The van der Waals surface area contributed by atoms with Gasteiger partial charge < -0.3 is 14.6 Å². The van der Waals surface area contributed by atoms with Crippen LogP contribution in [0.1, 0.15) is 18.9 Å². The fraction of sp³-hybridized carbons (Fsp3) is 0.538. The van der Waals surface area contributed by atoms with Crippen molar-refractivity contribution in [1.29, 1.82) is 0 Å². The average Bonchev–Trinajstić information content (AvgIpc) is 2.65. The number of aromatic hydroxyl groups is 1. The van der Waals surface area contributed by atoms with Crippen molar-refractivity contribution in [2.75, 3.05) is 13.7 Å². The molecule has 3 heteroatoms. The number of phenolic OH excluding ortho intramolecular Hbond substituents is 1. The van der Waals surface area contributed by atoms with Crippen LogP contribution >= 0.6 is 0 Å². The number of hydrogen-bond donors (Lipinski definition) is 1. The first-order valence-electron chi connectivity index (χ1n) is 5.68. The fourth-order valence-electron chi connectivity index (χ4n) is 2.21. The zero-order valence-corrected chi connectivity index (χ0v) is 9.77. The molecular formula is C13H18O3. The predicted octanol–water partition coefficient (Wildman–Crippen LogP) is 2.37. The Morgan fingerprint density at radius 2 is 2.31 bits per heavy atom. The molecule has 1 unspecified atom stereocenters. The van der Waals surface area contributed by atoms with E-state index in [0.29, 0.717) is 17.8 Å². The van der Waals surface area contributed by atoms with E-state index < -0.39 is 0 Å². The minimum absolute atomic E-state index is 0.214. The van der Waals surface area contributed by atoms with E-state index in [-0.39, 0.29) is 5.75 Å². The molecule has 0 aromatic heterocycles. The zero-order chi connectivity index (χ0) is 11.5. The van der Waals surface area contributed by atoms with Crippen LogP contribution in [0.4, 0.5) is 0 Å². The second kappa shape index (κ2) is 4.74. The normalized spacial score (nSPS) is 24.6. The number of hydrogen-bond acceptors (Lipinski definition) is 3. The smallest absolute Gasteiger partial charge is 0.160 e. The third kappa shape index (κ3) is 2.30. The van der Waals surface area contributed by atoms with Gasteiger partial charge in [0, 0.05) is 6.61 Å². The molecule has 1 fully saturated rings. The van der Waals surface area contributed by atoms with E-state index in [0.717, 1.165) is 25.0 Å². The summed E-state index contributed by atoms with van der Waals surface area (Å²) in [6.45, 7) is 2.97. The number of methoxy groups -OCH3 is 1. The number of rotatable bonds is 3. The summed E-state index contributed by atoms with van der Waals surface area (Å²) in [6, 6.07) is 5.60. The van der Waals surface area contributed by atoms with Crippen molar-refractivity contribution in [3.05, 3.63) is 23.8 Å². The van der Waals surface area contributed by atoms with Crippen LogP contribution in [0.15, 0.2) is 18.2 Å². The van der Waals surface area contributed by atoms with Gasteiger partial charge in [-0.2, -0.15) is 0 Å². The summed E-state index contributed by atoms with van der Waals surface area (Å²) in [5, 5.41) is 9.67. The lowest BCUT2D eigenvalue weighted by atomic mass is 9.94. The maximum Gasteiger partial charge on any atom is 0.160 e. The molecule has 0 aliphatic carbocycles. The van der Waals surface area contributed by atoms with Crippen molar-refractivity contribution in [2.45, 2.75) is 25.9 Å². The van der Waals surface area contributed by atoms with Crippen LogP contribution in [0, 0.1) is 5.92 Å². The molecule has 16 heavy (non-hydrogen) atoms. The van der Waals surface area contributed by atoms with Gasteiger partial charge in [-0.25, -0.2) is 0 Å². The summed E-state index contributed by atoms with van der Waals surface area (Å²) in [7, 11) is 1.56. The highest BCUT2D eigenvalue weighted by atomic mass is 16.5. The molecule has 1 aliphatic heterocycles. The van der Waals surface area contributed by atoms with Crippen molar-refractivity contribution in [3.63, 3.8) is 0 Å². The van der Waals surface area contributed by atoms with Gasteiger partial charge in [-0.15, -0.1) is 0 Å². The van der Waals surface area contributed by atoms with E-state index >= 15 is 0 Å². The lowest BCUT2D eigenvalue weighted by molar-refractivity contribution is 0.106. The molecular weight excluding hydrogens is 204 g/mol. The van der Waals surface area contributed by atoms with Crippen molar-refractivity contribution in [1.82, 2.24) is 0 Å². The Kier molecular flexibility index (Phi) is 3.34. The van der Waals surface area contributed by atoms with Crippen molar-refractivity contribution in [3.8, 4) is 11.5 Å². The monoisotopic (exact) mass is 222 g/mol. The highest BCUT2D eigenvalue weighted by Gasteiger charge is 2.24. The molecule has 1 heterocycles.